The monoisotopic (exact) mass is 253 g/mol. The fraction of sp³-hybridized carbons (Fsp3) is 0.188. The lowest BCUT2D eigenvalue weighted by Gasteiger charge is -2.24. The zero-order chi connectivity index (χ0) is 13.2. The van der Waals surface area contributed by atoms with Crippen LogP contribution in [-0.2, 0) is 11.3 Å². The van der Waals surface area contributed by atoms with Crippen molar-refractivity contribution in [2.45, 2.75) is 12.8 Å². The maximum Gasteiger partial charge on any atom is 0.256 e. The van der Waals surface area contributed by atoms with Crippen LogP contribution < -0.4 is 0 Å². The average molecular weight is 253 g/mol. The molecule has 2 aromatic carbocycles. The number of ether oxygens (including phenoxy) is 1. The van der Waals surface area contributed by atoms with Gasteiger partial charge in [0.05, 0.1) is 0 Å². The van der Waals surface area contributed by atoms with Crippen molar-refractivity contribution in [2.24, 2.45) is 0 Å². The SMILES string of the molecule is COC1c2ccccc2C(=O)N1Cc1ccccc1. The molecule has 1 amide bonds. The molecule has 2 aromatic rings. The molecule has 3 rings (SSSR count). The first-order valence-corrected chi connectivity index (χ1v) is 6.28. The number of nitrogens with zero attached hydrogens (tertiary/aromatic N) is 1. The molecule has 0 N–H and O–H groups in total. The fourth-order valence-corrected chi connectivity index (χ4v) is 2.53. The van der Waals surface area contributed by atoms with E-state index < -0.39 is 0 Å². The van der Waals surface area contributed by atoms with Crippen LogP contribution in [0.15, 0.2) is 54.6 Å². The molecule has 19 heavy (non-hydrogen) atoms. The Morgan fingerprint density at radius 1 is 1.05 bits per heavy atom. The highest BCUT2D eigenvalue weighted by atomic mass is 16.5. The molecule has 3 heteroatoms. The second-order valence-electron chi connectivity index (χ2n) is 4.59. The van der Waals surface area contributed by atoms with E-state index in [0.29, 0.717) is 6.54 Å². The Bertz CT molecular complexity index is 595. The summed E-state index contributed by atoms with van der Waals surface area (Å²) in [6.45, 7) is 0.562. The van der Waals surface area contributed by atoms with Gasteiger partial charge >= 0.3 is 0 Å². The zero-order valence-corrected chi connectivity index (χ0v) is 10.7. The summed E-state index contributed by atoms with van der Waals surface area (Å²) in [6.07, 6.45) is -0.288. The number of methoxy groups -OCH3 is 1. The van der Waals surface area contributed by atoms with Crippen LogP contribution in [0.4, 0.5) is 0 Å². The number of rotatable bonds is 3. The summed E-state index contributed by atoms with van der Waals surface area (Å²) in [6, 6.07) is 17.6. The second-order valence-corrected chi connectivity index (χ2v) is 4.59. The van der Waals surface area contributed by atoms with E-state index in [1.807, 2.05) is 54.6 Å². The van der Waals surface area contributed by atoms with Crippen molar-refractivity contribution < 1.29 is 9.53 Å². The Balaban J connectivity index is 1.93. The first-order valence-electron chi connectivity index (χ1n) is 6.28. The number of carbonyl (C=O) groups is 1. The molecule has 3 nitrogen and oxygen atoms in total. The summed E-state index contributed by atoms with van der Waals surface area (Å²) in [7, 11) is 1.64. The summed E-state index contributed by atoms with van der Waals surface area (Å²) in [5.74, 6) is 0.0336. The molecule has 1 aliphatic rings. The fourth-order valence-electron chi connectivity index (χ4n) is 2.53. The lowest BCUT2D eigenvalue weighted by atomic mass is 10.1. The van der Waals surface area contributed by atoms with Gasteiger partial charge in [-0.15, -0.1) is 0 Å². The Hall–Kier alpha value is -2.13. The molecule has 0 radical (unpaired) electrons. The van der Waals surface area contributed by atoms with Crippen molar-refractivity contribution in [3.63, 3.8) is 0 Å². The number of hydrogen-bond acceptors (Lipinski definition) is 2. The number of benzene rings is 2. The van der Waals surface area contributed by atoms with Crippen molar-refractivity contribution in [2.75, 3.05) is 7.11 Å². The summed E-state index contributed by atoms with van der Waals surface area (Å²) in [4.78, 5) is 14.2. The van der Waals surface area contributed by atoms with Crippen molar-refractivity contribution in [1.82, 2.24) is 4.90 Å². The highest BCUT2D eigenvalue weighted by Gasteiger charge is 2.36. The van der Waals surface area contributed by atoms with Crippen LogP contribution >= 0.6 is 0 Å². The number of amides is 1. The Morgan fingerprint density at radius 2 is 1.74 bits per heavy atom. The van der Waals surface area contributed by atoms with E-state index in [1.54, 1.807) is 12.0 Å². The zero-order valence-electron chi connectivity index (χ0n) is 10.7. The van der Waals surface area contributed by atoms with E-state index in [0.717, 1.165) is 16.7 Å². The third kappa shape index (κ3) is 2.02. The molecule has 0 bridgehead atoms. The van der Waals surface area contributed by atoms with Crippen LogP contribution in [-0.4, -0.2) is 17.9 Å². The number of fused-ring (bicyclic) bond motifs is 1. The van der Waals surface area contributed by atoms with E-state index in [-0.39, 0.29) is 12.1 Å². The minimum atomic E-state index is -0.288. The Labute approximate surface area is 112 Å². The van der Waals surface area contributed by atoms with Gasteiger partial charge in [-0.1, -0.05) is 48.5 Å². The molecule has 0 spiro atoms. The highest BCUT2D eigenvalue weighted by Crippen LogP contribution is 2.34. The van der Waals surface area contributed by atoms with Crippen LogP contribution in [0.3, 0.4) is 0 Å². The minimum absolute atomic E-state index is 0.0336. The van der Waals surface area contributed by atoms with Gasteiger partial charge < -0.3 is 9.64 Å². The normalized spacial score (nSPS) is 17.6. The van der Waals surface area contributed by atoms with E-state index in [9.17, 15) is 4.79 Å². The summed E-state index contributed by atoms with van der Waals surface area (Å²) >= 11 is 0. The lowest BCUT2D eigenvalue weighted by molar-refractivity contribution is -0.0162. The maximum atomic E-state index is 12.4. The second kappa shape index (κ2) is 4.86. The van der Waals surface area contributed by atoms with Crippen molar-refractivity contribution in [1.29, 1.82) is 0 Å². The Kier molecular flexibility index (Phi) is 3.05. The number of hydrogen-bond donors (Lipinski definition) is 0. The van der Waals surface area contributed by atoms with Gasteiger partial charge in [0.1, 0.15) is 0 Å². The number of carbonyl (C=O) groups excluding carboxylic acids is 1. The van der Waals surface area contributed by atoms with E-state index in [4.69, 9.17) is 4.74 Å². The quantitative estimate of drug-likeness (QED) is 0.841. The standard InChI is InChI=1S/C16H15NO2/c1-19-16-14-10-6-5-9-13(14)15(18)17(16)11-12-7-3-2-4-8-12/h2-10,16H,11H2,1H3. The Morgan fingerprint density at radius 3 is 2.47 bits per heavy atom. The summed E-state index contributed by atoms with van der Waals surface area (Å²) in [5, 5.41) is 0. The molecular formula is C16H15NO2. The maximum absolute atomic E-state index is 12.4. The topological polar surface area (TPSA) is 29.5 Å². The third-order valence-electron chi connectivity index (χ3n) is 3.42. The smallest absolute Gasteiger partial charge is 0.256 e. The van der Waals surface area contributed by atoms with Crippen LogP contribution in [0.5, 0.6) is 0 Å². The predicted octanol–water partition coefficient (Wildman–Crippen LogP) is 2.99. The van der Waals surface area contributed by atoms with Gasteiger partial charge in [-0.05, 0) is 11.6 Å². The molecule has 1 heterocycles. The molecule has 1 atom stereocenters. The highest BCUT2D eigenvalue weighted by molar-refractivity contribution is 5.98. The average Bonchev–Trinajstić information content (AvgIpc) is 2.73. The van der Waals surface area contributed by atoms with Crippen LogP contribution in [0, 0.1) is 0 Å². The summed E-state index contributed by atoms with van der Waals surface area (Å²) in [5.41, 5.74) is 2.79. The molecular weight excluding hydrogens is 238 g/mol. The van der Waals surface area contributed by atoms with Gasteiger partial charge in [0.2, 0.25) is 0 Å². The van der Waals surface area contributed by atoms with Crippen molar-refractivity contribution in [3.8, 4) is 0 Å². The molecule has 96 valence electrons. The lowest BCUT2D eigenvalue weighted by Crippen LogP contribution is -2.28. The van der Waals surface area contributed by atoms with Gasteiger partial charge in [-0.3, -0.25) is 4.79 Å². The first-order chi connectivity index (χ1) is 9.31. The predicted molar refractivity (Wildman–Crippen MR) is 72.5 cm³/mol. The van der Waals surface area contributed by atoms with Crippen LogP contribution in [0.1, 0.15) is 27.7 Å². The first kappa shape index (κ1) is 11.9. The van der Waals surface area contributed by atoms with E-state index in [2.05, 4.69) is 0 Å². The van der Waals surface area contributed by atoms with Crippen molar-refractivity contribution in [3.05, 3.63) is 71.3 Å². The minimum Gasteiger partial charge on any atom is -0.357 e. The van der Waals surface area contributed by atoms with E-state index in [1.165, 1.54) is 0 Å². The van der Waals surface area contributed by atoms with E-state index >= 15 is 0 Å². The van der Waals surface area contributed by atoms with Gasteiger partial charge in [-0.2, -0.15) is 0 Å². The largest absolute Gasteiger partial charge is 0.357 e. The van der Waals surface area contributed by atoms with Gasteiger partial charge in [-0.25, -0.2) is 0 Å². The molecule has 0 aliphatic carbocycles. The molecule has 1 unspecified atom stereocenters. The van der Waals surface area contributed by atoms with Gasteiger partial charge in [0, 0.05) is 24.8 Å². The molecule has 0 saturated heterocycles. The summed E-state index contributed by atoms with van der Waals surface area (Å²) < 4.78 is 5.50. The van der Waals surface area contributed by atoms with Gasteiger partial charge in [0.15, 0.2) is 6.23 Å². The molecule has 0 saturated carbocycles. The van der Waals surface area contributed by atoms with Gasteiger partial charge in [0.25, 0.3) is 5.91 Å². The molecule has 0 fully saturated rings. The molecule has 0 aromatic heterocycles. The van der Waals surface area contributed by atoms with Crippen LogP contribution in [0.25, 0.3) is 0 Å². The van der Waals surface area contributed by atoms with Crippen LogP contribution in [0.2, 0.25) is 0 Å². The molecule has 1 aliphatic heterocycles. The van der Waals surface area contributed by atoms with Crippen molar-refractivity contribution >= 4 is 5.91 Å². The third-order valence-corrected chi connectivity index (χ3v) is 3.42.